The van der Waals surface area contributed by atoms with Crippen LogP contribution in [0, 0.1) is 13.8 Å². The molecule has 0 bridgehead atoms. The second-order valence-electron chi connectivity index (χ2n) is 6.45. The highest BCUT2D eigenvalue weighted by Gasteiger charge is 2.37. The lowest BCUT2D eigenvalue weighted by Crippen LogP contribution is -2.34. The van der Waals surface area contributed by atoms with Crippen molar-refractivity contribution in [2.24, 2.45) is 0 Å². The molecule has 2 heteroatoms. The zero-order valence-corrected chi connectivity index (χ0v) is 15.9. The molecule has 0 atom stereocenters. The molecule has 0 amide bonds. The van der Waals surface area contributed by atoms with Gasteiger partial charge >= 0.3 is 0 Å². The molecule has 1 aliphatic rings. The van der Waals surface area contributed by atoms with Gasteiger partial charge in [0.1, 0.15) is 5.75 Å². The van der Waals surface area contributed by atoms with Crippen molar-refractivity contribution in [2.75, 3.05) is 0 Å². The summed E-state index contributed by atoms with van der Waals surface area (Å²) in [5, 5.41) is 0. The van der Waals surface area contributed by atoms with E-state index in [0.717, 1.165) is 26.9 Å². The number of aryl methyl sites for hydroxylation is 1. The lowest BCUT2D eigenvalue weighted by molar-refractivity contribution is 0.159. The Labute approximate surface area is 157 Å². The second-order valence-corrected chi connectivity index (χ2v) is 7.30. The molecule has 3 aromatic carbocycles. The van der Waals surface area contributed by atoms with Crippen LogP contribution in [0.3, 0.4) is 0 Å². The molecule has 25 heavy (non-hydrogen) atoms. The standard InChI is InChI=1S/C23H19BrO/c1-16-15-21(24)22-20(17(16)2)13-14-23(25-22,18-9-5-3-6-10-18)19-11-7-4-8-12-19/h3-15H,1-2H3. The van der Waals surface area contributed by atoms with Crippen molar-refractivity contribution in [2.45, 2.75) is 19.4 Å². The molecule has 0 N–H and O–H groups in total. The molecule has 124 valence electrons. The third-order valence-corrected chi connectivity index (χ3v) is 5.54. The van der Waals surface area contributed by atoms with Gasteiger partial charge in [-0.2, -0.15) is 0 Å². The molecule has 0 fully saturated rings. The molecule has 1 aliphatic heterocycles. The molecule has 4 rings (SSSR count). The van der Waals surface area contributed by atoms with Crippen LogP contribution < -0.4 is 4.74 Å². The third-order valence-electron chi connectivity index (χ3n) is 4.95. The van der Waals surface area contributed by atoms with Crippen LogP contribution in [0.1, 0.15) is 27.8 Å². The summed E-state index contributed by atoms with van der Waals surface area (Å²) < 4.78 is 7.72. The van der Waals surface area contributed by atoms with E-state index in [1.54, 1.807) is 0 Å². The first-order valence-electron chi connectivity index (χ1n) is 8.41. The second kappa shape index (κ2) is 6.20. The Kier molecular flexibility index (Phi) is 4.01. The highest BCUT2D eigenvalue weighted by atomic mass is 79.9. The molecule has 0 aliphatic carbocycles. The summed E-state index contributed by atoms with van der Waals surface area (Å²) in [7, 11) is 0. The number of hydrogen-bond donors (Lipinski definition) is 0. The van der Waals surface area contributed by atoms with Crippen LogP contribution in [0.5, 0.6) is 5.75 Å². The summed E-state index contributed by atoms with van der Waals surface area (Å²) in [5.74, 6) is 0.901. The Hall–Kier alpha value is -2.32. The van der Waals surface area contributed by atoms with Gasteiger partial charge in [0.05, 0.1) is 4.47 Å². The first-order valence-corrected chi connectivity index (χ1v) is 9.20. The maximum atomic E-state index is 6.72. The van der Waals surface area contributed by atoms with Crippen molar-refractivity contribution in [1.82, 2.24) is 0 Å². The molecule has 3 aromatic rings. The first kappa shape index (κ1) is 16.2. The van der Waals surface area contributed by atoms with E-state index in [1.165, 1.54) is 11.1 Å². The molecule has 0 aromatic heterocycles. The first-order chi connectivity index (χ1) is 12.1. The van der Waals surface area contributed by atoms with E-state index in [9.17, 15) is 0 Å². The Morgan fingerprint density at radius 2 is 1.40 bits per heavy atom. The average molecular weight is 391 g/mol. The summed E-state index contributed by atoms with van der Waals surface area (Å²) in [5.41, 5.74) is 5.27. The number of fused-ring (bicyclic) bond motifs is 1. The minimum absolute atomic E-state index is 0.625. The zero-order valence-electron chi connectivity index (χ0n) is 14.3. The van der Waals surface area contributed by atoms with Gasteiger partial charge in [-0.05, 0) is 53.0 Å². The molecule has 0 saturated heterocycles. The summed E-state index contributed by atoms with van der Waals surface area (Å²) in [6.07, 6.45) is 4.38. The fourth-order valence-corrected chi connectivity index (χ4v) is 4.06. The van der Waals surface area contributed by atoms with Crippen LogP contribution in [-0.4, -0.2) is 0 Å². The van der Waals surface area contributed by atoms with E-state index in [0.29, 0.717) is 0 Å². The number of ether oxygens (including phenoxy) is 1. The van der Waals surface area contributed by atoms with Crippen molar-refractivity contribution in [3.8, 4) is 5.75 Å². The maximum Gasteiger partial charge on any atom is 0.178 e. The monoisotopic (exact) mass is 390 g/mol. The smallest absolute Gasteiger partial charge is 0.178 e. The van der Waals surface area contributed by atoms with Crippen LogP contribution >= 0.6 is 15.9 Å². The molecular formula is C23H19BrO. The maximum absolute atomic E-state index is 6.72. The van der Waals surface area contributed by atoms with Crippen molar-refractivity contribution >= 4 is 22.0 Å². The van der Waals surface area contributed by atoms with Crippen LogP contribution in [0.2, 0.25) is 0 Å². The average Bonchev–Trinajstić information content (AvgIpc) is 2.67. The summed E-state index contributed by atoms with van der Waals surface area (Å²) in [6, 6.07) is 22.9. The van der Waals surface area contributed by atoms with Gasteiger partial charge in [-0.15, -0.1) is 0 Å². The van der Waals surface area contributed by atoms with Gasteiger partial charge in [0.15, 0.2) is 5.60 Å². The van der Waals surface area contributed by atoms with Crippen molar-refractivity contribution in [1.29, 1.82) is 0 Å². The summed E-state index contributed by atoms with van der Waals surface area (Å²) >= 11 is 3.70. The van der Waals surface area contributed by atoms with Gasteiger partial charge in [0.2, 0.25) is 0 Å². The van der Waals surface area contributed by atoms with Gasteiger partial charge in [0, 0.05) is 16.7 Å². The minimum Gasteiger partial charge on any atom is -0.472 e. The van der Waals surface area contributed by atoms with E-state index in [2.05, 4.69) is 96.5 Å². The van der Waals surface area contributed by atoms with Gasteiger partial charge < -0.3 is 4.74 Å². The minimum atomic E-state index is -0.625. The molecule has 0 unspecified atom stereocenters. The Morgan fingerprint density at radius 1 is 0.840 bits per heavy atom. The van der Waals surface area contributed by atoms with Crippen LogP contribution in [0.25, 0.3) is 6.08 Å². The van der Waals surface area contributed by atoms with Gasteiger partial charge in [-0.25, -0.2) is 0 Å². The van der Waals surface area contributed by atoms with E-state index in [-0.39, 0.29) is 0 Å². The van der Waals surface area contributed by atoms with Gasteiger partial charge in [-0.3, -0.25) is 0 Å². The number of rotatable bonds is 2. The lowest BCUT2D eigenvalue weighted by Gasteiger charge is -2.37. The third kappa shape index (κ3) is 2.61. The topological polar surface area (TPSA) is 9.23 Å². The normalized spacial score (nSPS) is 14.7. The SMILES string of the molecule is Cc1cc(Br)c2c(c1C)C=CC(c1ccccc1)(c1ccccc1)O2. The lowest BCUT2D eigenvalue weighted by atomic mass is 9.83. The highest BCUT2D eigenvalue weighted by molar-refractivity contribution is 9.10. The predicted molar refractivity (Wildman–Crippen MR) is 107 cm³/mol. The van der Waals surface area contributed by atoms with E-state index < -0.39 is 5.60 Å². The fourth-order valence-electron chi connectivity index (χ4n) is 3.42. The number of benzene rings is 3. The largest absolute Gasteiger partial charge is 0.472 e. The van der Waals surface area contributed by atoms with E-state index >= 15 is 0 Å². The van der Waals surface area contributed by atoms with Crippen molar-refractivity contribution in [3.05, 3.63) is 105 Å². The Morgan fingerprint density at radius 3 is 1.96 bits per heavy atom. The summed E-state index contributed by atoms with van der Waals surface area (Å²) in [6.45, 7) is 4.27. The van der Waals surface area contributed by atoms with Crippen LogP contribution in [0.4, 0.5) is 0 Å². The molecular weight excluding hydrogens is 372 g/mol. The fraction of sp³-hybridized carbons (Fsp3) is 0.130. The molecule has 1 heterocycles. The van der Waals surface area contributed by atoms with Crippen molar-refractivity contribution < 1.29 is 4.74 Å². The molecule has 1 nitrogen and oxygen atoms in total. The molecule has 0 spiro atoms. The van der Waals surface area contributed by atoms with Crippen LogP contribution in [-0.2, 0) is 5.60 Å². The highest BCUT2D eigenvalue weighted by Crippen LogP contribution is 2.46. The summed E-state index contributed by atoms with van der Waals surface area (Å²) in [4.78, 5) is 0. The van der Waals surface area contributed by atoms with E-state index in [1.807, 2.05) is 12.1 Å². The zero-order chi connectivity index (χ0) is 17.4. The molecule has 0 saturated carbocycles. The van der Waals surface area contributed by atoms with Crippen LogP contribution in [0.15, 0.2) is 77.3 Å². The quantitative estimate of drug-likeness (QED) is 0.490. The Balaban J connectivity index is 1.97. The van der Waals surface area contributed by atoms with Gasteiger partial charge in [0.25, 0.3) is 0 Å². The molecule has 0 radical (unpaired) electrons. The number of hydrogen-bond acceptors (Lipinski definition) is 1. The van der Waals surface area contributed by atoms with E-state index in [4.69, 9.17) is 4.74 Å². The van der Waals surface area contributed by atoms with Gasteiger partial charge in [-0.1, -0.05) is 66.7 Å². The Bertz CT molecular complexity index is 903. The van der Waals surface area contributed by atoms with Crippen molar-refractivity contribution in [3.63, 3.8) is 0 Å². The predicted octanol–water partition coefficient (Wildman–Crippen LogP) is 6.42. The number of halogens is 1.